The zero-order chi connectivity index (χ0) is 13.0. The number of ether oxygens (including phenoxy) is 1. The number of rotatable bonds is 4. The second-order valence-electron chi connectivity index (χ2n) is 6.21. The Morgan fingerprint density at radius 1 is 1.06 bits per heavy atom. The quantitative estimate of drug-likeness (QED) is 0.810. The number of nitrogens with two attached hydrogens (primary N) is 1. The molecule has 0 radical (unpaired) electrons. The maximum atomic E-state index is 6.04. The van der Waals surface area contributed by atoms with Gasteiger partial charge in [0.05, 0.1) is 5.60 Å². The van der Waals surface area contributed by atoms with Gasteiger partial charge in [-0.25, -0.2) is 0 Å². The Morgan fingerprint density at radius 3 is 2.33 bits per heavy atom. The first-order valence-corrected chi connectivity index (χ1v) is 7.83. The summed E-state index contributed by atoms with van der Waals surface area (Å²) in [5, 5.41) is 3.87. The van der Waals surface area contributed by atoms with Crippen LogP contribution in [-0.2, 0) is 4.74 Å². The fourth-order valence-electron chi connectivity index (χ4n) is 3.53. The molecule has 0 amide bonds. The second kappa shape index (κ2) is 6.36. The molecular weight excluding hydrogens is 224 g/mol. The van der Waals surface area contributed by atoms with E-state index >= 15 is 0 Å². The molecule has 1 atom stereocenters. The summed E-state index contributed by atoms with van der Waals surface area (Å²) in [6.07, 6.45) is 9.51. The van der Waals surface area contributed by atoms with E-state index in [0.717, 1.165) is 19.4 Å². The maximum Gasteiger partial charge on any atom is 0.0692 e. The van der Waals surface area contributed by atoms with Gasteiger partial charge in [0.2, 0.25) is 0 Å². The normalized spacial score (nSPS) is 36.5. The van der Waals surface area contributed by atoms with E-state index < -0.39 is 0 Å². The largest absolute Gasteiger partial charge is 0.375 e. The minimum Gasteiger partial charge on any atom is -0.375 e. The molecule has 1 unspecified atom stereocenters. The zero-order valence-electron chi connectivity index (χ0n) is 12.1. The van der Waals surface area contributed by atoms with Crippen molar-refractivity contribution >= 4 is 0 Å². The Labute approximate surface area is 112 Å². The summed E-state index contributed by atoms with van der Waals surface area (Å²) in [5.74, 6) is 0. The van der Waals surface area contributed by atoms with E-state index in [9.17, 15) is 0 Å². The second-order valence-corrected chi connectivity index (χ2v) is 6.21. The molecule has 106 valence electrons. The van der Waals surface area contributed by atoms with Crippen LogP contribution >= 0.6 is 0 Å². The molecule has 1 saturated carbocycles. The first-order valence-electron chi connectivity index (χ1n) is 7.83. The highest BCUT2D eigenvalue weighted by molar-refractivity contribution is 4.90. The highest BCUT2D eigenvalue weighted by atomic mass is 16.5. The molecule has 0 aromatic rings. The van der Waals surface area contributed by atoms with E-state index in [4.69, 9.17) is 10.5 Å². The van der Waals surface area contributed by atoms with Gasteiger partial charge in [0.25, 0.3) is 0 Å². The van der Waals surface area contributed by atoms with E-state index in [2.05, 4.69) is 19.2 Å². The predicted octanol–water partition coefficient (Wildman–Crippen LogP) is 2.58. The lowest BCUT2D eigenvalue weighted by molar-refractivity contribution is -0.0944. The van der Waals surface area contributed by atoms with Gasteiger partial charge in [0, 0.05) is 24.7 Å². The summed E-state index contributed by atoms with van der Waals surface area (Å²) in [7, 11) is 0. The minimum atomic E-state index is 0.140. The van der Waals surface area contributed by atoms with E-state index in [-0.39, 0.29) is 5.60 Å². The molecule has 3 N–H and O–H groups in total. The molecule has 2 fully saturated rings. The van der Waals surface area contributed by atoms with E-state index in [1.54, 1.807) is 0 Å². The lowest BCUT2D eigenvalue weighted by atomic mass is 9.84. The monoisotopic (exact) mass is 254 g/mol. The SMILES string of the molecule is CCC1(CC)CC(NC2CCC(N)CC2)CCO1. The van der Waals surface area contributed by atoms with Crippen LogP contribution in [0.25, 0.3) is 0 Å². The van der Waals surface area contributed by atoms with Crippen molar-refractivity contribution in [2.75, 3.05) is 6.61 Å². The fraction of sp³-hybridized carbons (Fsp3) is 1.00. The van der Waals surface area contributed by atoms with Gasteiger partial charge in [-0.2, -0.15) is 0 Å². The molecule has 0 bridgehead atoms. The molecule has 3 nitrogen and oxygen atoms in total. The molecule has 0 spiro atoms. The fourth-order valence-corrected chi connectivity index (χ4v) is 3.53. The van der Waals surface area contributed by atoms with Gasteiger partial charge >= 0.3 is 0 Å². The average molecular weight is 254 g/mol. The molecular formula is C15H30N2O. The third kappa shape index (κ3) is 3.46. The smallest absolute Gasteiger partial charge is 0.0692 e. The van der Waals surface area contributed by atoms with Gasteiger partial charge in [0.15, 0.2) is 0 Å². The first kappa shape index (κ1) is 14.3. The Morgan fingerprint density at radius 2 is 1.72 bits per heavy atom. The Hall–Kier alpha value is -0.120. The van der Waals surface area contributed by atoms with E-state index in [0.29, 0.717) is 18.1 Å². The number of nitrogens with one attached hydrogen (secondary N) is 1. The minimum absolute atomic E-state index is 0.140. The van der Waals surface area contributed by atoms with Crippen LogP contribution < -0.4 is 11.1 Å². The van der Waals surface area contributed by atoms with Crippen molar-refractivity contribution < 1.29 is 4.74 Å². The van der Waals surface area contributed by atoms with Crippen LogP contribution in [0.2, 0.25) is 0 Å². The molecule has 1 saturated heterocycles. The predicted molar refractivity (Wildman–Crippen MR) is 75.7 cm³/mol. The molecule has 1 aliphatic heterocycles. The van der Waals surface area contributed by atoms with Crippen LogP contribution in [0.3, 0.4) is 0 Å². The van der Waals surface area contributed by atoms with Crippen LogP contribution in [-0.4, -0.2) is 30.3 Å². The van der Waals surface area contributed by atoms with Crippen molar-refractivity contribution in [3.8, 4) is 0 Å². The van der Waals surface area contributed by atoms with Gasteiger partial charge < -0.3 is 15.8 Å². The number of hydrogen-bond acceptors (Lipinski definition) is 3. The summed E-state index contributed by atoms with van der Waals surface area (Å²) in [6, 6.07) is 1.79. The van der Waals surface area contributed by atoms with Crippen molar-refractivity contribution in [3.05, 3.63) is 0 Å². The number of hydrogen-bond donors (Lipinski definition) is 2. The molecule has 1 aliphatic carbocycles. The van der Waals surface area contributed by atoms with Crippen LogP contribution in [0.4, 0.5) is 0 Å². The summed E-state index contributed by atoms with van der Waals surface area (Å²) in [5.41, 5.74) is 6.11. The summed E-state index contributed by atoms with van der Waals surface area (Å²) in [6.45, 7) is 5.43. The van der Waals surface area contributed by atoms with Crippen molar-refractivity contribution in [1.82, 2.24) is 5.32 Å². The lowest BCUT2D eigenvalue weighted by Gasteiger charge is -2.42. The van der Waals surface area contributed by atoms with Gasteiger partial charge in [-0.3, -0.25) is 0 Å². The average Bonchev–Trinajstić information content (AvgIpc) is 2.41. The zero-order valence-corrected chi connectivity index (χ0v) is 12.1. The van der Waals surface area contributed by atoms with Crippen molar-refractivity contribution in [2.24, 2.45) is 5.73 Å². The van der Waals surface area contributed by atoms with Crippen molar-refractivity contribution in [1.29, 1.82) is 0 Å². The van der Waals surface area contributed by atoms with Crippen LogP contribution in [0.5, 0.6) is 0 Å². The highest BCUT2D eigenvalue weighted by Gasteiger charge is 2.35. The topological polar surface area (TPSA) is 47.3 Å². The Bertz CT molecular complexity index is 245. The maximum absolute atomic E-state index is 6.04. The van der Waals surface area contributed by atoms with Crippen LogP contribution in [0.15, 0.2) is 0 Å². The van der Waals surface area contributed by atoms with Crippen molar-refractivity contribution in [3.63, 3.8) is 0 Å². The van der Waals surface area contributed by atoms with Gasteiger partial charge in [-0.05, 0) is 51.4 Å². The molecule has 1 heterocycles. The molecule has 2 rings (SSSR count). The molecule has 18 heavy (non-hydrogen) atoms. The third-order valence-electron chi connectivity index (χ3n) is 5.02. The standard InChI is InChI=1S/C15H30N2O/c1-3-15(4-2)11-14(9-10-18-15)17-13-7-5-12(16)6-8-13/h12-14,17H,3-11,16H2,1-2H3. The Kier molecular flexibility index (Phi) is 5.05. The Balaban J connectivity index is 1.82. The van der Waals surface area contributed by atoms with E-state index in [1.807, 2.05) is 0 Å². The molecule has 3 heteroatoms. The highest BCUT2D eigenvalue weighted by Crippen LogP contribution is 2.32. The lowest BCUT2D eigenvalue weighted by Crippen LogP contribution is -2.50. The van der Waals surface area contributed by atoms with Gasteiger partial charge in [-0.15, -0.1) is 0 Å². The van der Waals surface area contributed by atoms with Crippen molar-refractivity contribution in [2.45, 2.75) is 88.9 Å². The van der Waals surface area contributed by atoms with E-state index in [1.165, 1.54) is 38.5 Å². The molecule has 2 aliphatic rings. The third-order valence-corrected chi connectivity index (χ3v) is 5.02. The molecule has 0 aromatic carbocycles. The summed E-state index contributed by atoms with van der Waals surface area (Å²) >= 11 is 0. The van der Waals surface area contributed by atoms with Gasteiger partial charge in [-0.1, -0.05) is 13.8 Å². The molecule has 0 aromatic heterocycles. The van der Waals surface area contributed by atoms with Gasteiger partial charge in [0.1, 0.15) is 0 Å². The first-order chi connectivity index (χ1) is 8.67. The summed E-state index contributed by atoms with van der Waals surface area (Å²) < 4.78 is 6.04. The summed E-state index contributed by atoms with van der Waals surface area (Å²) in [4.78, 5) is 0. The van der Waals surface area contributed by atoms with Crippen LogP contribution in [0.1, 0.15) is 65.2 Å². The van der Waals surface area contributed by atoms with Crippen LogP contribution in [0, 0.1) is 0 Å².